The Balaban J connectivity index is 1.42. The number of hydrogen-bond acceptors (Lipinski definition) is 9. The molecule has 0 saturated carbocycles. The van der Waals surface area contributed by atoms with E-state index in [0.717, 1.165) is 0 Å². The molecule has 2 amide bonds. The first-order chi connectivity index (χ1) is 18.5. The molecule has 4 aromatic rings. The van der Waals surface area contributed by atoms with Crippen molar-refractivity contribution in [3.63, 3.8) is 0 Å². The van der Waals surface area contributed by atoms with E-state index in [1.807, 2.05) is 17.0 Å². The lowest BCUT2D eigenvalue weighted by molar-refractivity contribution is 0.0718. The van der Waals surface area contributed by atoms with Crippen LogP contribution in [-0.2, 0) is 0 Å². The van der Waals surface area contributed by atoms with E-state index in [1.54, 1.807) is 47.6 Å². The molecule has 11 nitrogen and oxygen atoms in total. The fraction of sp³-hybridized carbons (Fsp3) is 0.259. The molecule has 0 spiro atoms. The lowest BCUT2D eigenvalue weighted by Crippen LogP contribution is -2.49. The van der Waals surface area contributed by atoms with Crippen LogP contribution in [0.25, 0.3) is 11.0 Å². The summed E-state index contributed by atoms with van der Waals surface area (Å²) in [6.45, 7) is 2.05. The number of methoxy groups -OCH3 is 3. The number of carbonyl (C=O) groups is 2. The third kappa shape index (κ3) is 4.65. The van der Waals surface area contributed by atoms with Gasteiger partial charge in [0.1, 0.15) is 11.3 Å². The Kier molecular flexibility index (Phi) is 6.98. The highest BCUT2D eigenvalue weighted by atomic mass is 16.5. The molecular formula is C27H27N5O6. The minimum absolute atomic E-state index is 0.0661. The van der Waals surface area contributed by atoms with E-state index in [1.165, 1.54) is 21.3 Å². The van der Waals surface area contributed by atoms with Crippen LogP contribution in [0.2, 0.25) is 0 Å². The first-order valence-electron chi connectivity index (χ1n) is 12.0. The van der Waals surface area contributed by atoms with Gasteiger partial charge in [0.25, 0.3) is 11.8 Å². The van der Waals surface area contributed by atoms with Crippen LogP contribution >= 0.6 is 0 Å². The van der Waals surface area contributed by atoms with E-state index in [4.69, 9.17) is 18.6 Å². The molecule has 2 aromatic carbocycles. The molecule has 0 unspecified atom stereocenters. The second kappa shape index (κ2) is 10.7. The summed E-state index contributed by atoms with van der Waals surface area (Å²) in [6.07, 6.45) is 3.38. The van der Waals surface area contributed by atoms with Crippen LogP contribution in [0.15, 0.2) is 59.3 Å². The zero-order valence-electron chi connectivity index (χ0n) is 21.3. The molecule has 0 bridgehead atoms. The van der Waals surface area contributed by atoms with Gasteiger partial charge in [-0.05, 0) is 30.3 Å². The van der Waals surface area contributed by atoms with Crippen LogP contribution in [0, 0.1) is 0 Å². The number of rotatable bonds is 7. The summed E-state index contributed by atoms with van der Waals surface area (Å²) in [5.74, 6) is 0.969. The van der Waals surface area contributed by atoms with Gasteiger partial charge in [-0.25, -0.2) is 9.97 Å². The quantitative estimate of drug-likeness (QED) is 0.393. The number of para-hydroxylation sites is 1. The van der Waals surface area contributed by atoms with Gasteiger partial charge in [0, 0.05) is 49.5 Å². The van der Waals surface area contributed by atoms with Crippen molar-refractivity contribution in [2.24, 2.45) is 0 Å². The van der Waals surface area contributed by atoms with Gasteiger partial charge in [-0.2, -0.15) is 0 Å². The number of furan rings is 1. The molecule has 38 heavy (non-hydrogen) atoms. The number of amides is 2. The Morgan fingerprint density at radius 3 is 2.18 bits per heavy atom. The third-order valence-corrected chi connectivity index (χ3v) is 6.36. The number of nitrogens with one attached hydrogen (secondary N) is 1. The zero-order valence-corrected chi connectivity index (χ0v) is 21.3. The number of hydrogen-bond donors (Lipinski definition) is 1. The van der Waals surface area contributed by atoms with Crippen molar-refractivity contribution < 1.29 is 28.2 Å². The summed E-state index contributed by atoms with van der Waals surface area (Å²) in [4.78, 5) is 39.3. The fourth-order valence-corrected chi connectivity index (χ4v) is 4.43. The maximum Gasteiger partial charge on any atom is 0.291 e. The number of carbonyl (C=O) groups excluding carboxylic acids is 2. The van der Waals surface area contributed by atoms with Gasteiger partial charge in [-0.1, -0.05) is 12.1 Å². The normalized spacial score (nSPS) is 13.3. The summed E-state index contributed by atoms with van der Waals surface area (Å²) in [7, 11) is 4.44. The smallest absolute Gasteiger partial charge is 0.291 e. The lowest BCUT2D eigenvalue weighted by Gasteiger charge is -2.34. The van der Waals surface area contributed by atoms with E-state index in [9.17, 15) is 9.59 Å². The summed E-state index contributed by atoms with van der Waals surface area (Å²) in [6, 6.07) is 12.0. The van der Waals surface area contributed by atoms with Gasteiger partial charge in [-0.15, -0.1) is 0 Å². The highest BCUT2D eigenvalue weighted by molar-refractivity contribution is 6.14. The topological polar surface area (TPSA) is 119 Å². The van der Waals surface area contributed by atoms with Gasteiger partial charge in [0.05, 0.1) is 21.3 Å². The van der Waals surface area contributed by atoms with Crippen molar-refractivity contribution in [3.8, 4) is 17.2 Å². The number of piperazine rings is 1. The summed E-state index contributed by atoms with van der Waals surface area (Å²) < 4.78 is 22.1. The van der Waals surface area contributed by atoms with E-state index in [0.29, 0.717) is 66.0 Å². The predicted molar refractivity (Wildman–Crippen MR) is 140 cm³/mol. The average molecular weight is 518 g/mol. The van der Waals surface area contributed by atoms with Gasteiger partial charge < -0.3 is 33.7 Å². The molecule has 11 heteroatoms. The Morgan fingerprint density at radius 2 is 1.55 bits per heavy atom. The number of benzene rings is 2. The van der Waals surface area contributed by atoms with Crippen LogP contribution in [0.4, 0.5) is 11.6 Å². The molecule has 2 aromatic heterocycles. The molecular weight excluding hydrogens is 490 g/mol. The number of nitrogens with zero attached hydrogens (tertiary/aromatic N) is 4. The van der Waals surface area contributed by atoms with E-state index >= 15 is 0 Å². The Bertz CT molecular complexity index is 1440. The van der Waals surface area contributed by atoms with E-state index in [2.05, 4.69) is 15.3 Å². The minimum Gasteiger partial charge on any atom is -0.493 e. The van der Waals surface area contributed by atoms with Crippen LogP contribution in [0.3, 0.4) is 0 Å². The predicted octanol–water partition coefficient (Wildman–Crippen LogP) is 3.46. The van der Waals surface area contributed by atoms with Crippen LogP contribution < -0.4 is 24.4 Å². The van der Waals surface area contributed by atoms with Crippen molar-refractivity contribution in [2.45, 2.75) is 0 Å². The third-order valence-electron chi connectivity index (χ3n) is 6.36. The maximum absolute atomic E-state index is 13.6. The molecule has 196 valence electrons. The molecule has 5 rings (SSSR count). The summed E-state index contributed by atoms with van der Waals surface area (Å²) >= 11 is 0. The SMILES string of the molecule is COc1cc(C(=O)Nc2c(C(=O)N3CCN(c4ncccn4)CC3)oc3ccccc23)cc(OC)c1OC. The van der Waals surface area contributed by atoms with Crippen molar-refractivity contribution in [3.05, 3.63) is 66.2 Å². The van der Waals surface area contributed by atoms with E-state index < -0.39 is 5.91 Å². The Morgan fingerprint density at radius 1 is 0.895 bits per heavy atom. The first-order valence-corrected chi connectivity index (χ1v) is 12.0. The van der Waals surface area contributed by atoms with Gasteiger partial charge in [0.2, 0.25) is 17.5 Å². The molecule has 1 N–H and O–H groups in total. The molecule has 0 radical (unpaired) electrons. The number of anilines is 2. The van der Waals surface area contributed by atoms with Gasteiger partial charge >= 0.3 is 0 Å². The fourth-order valence-electron chi connectivity index (χ4n) is 4.43. The molecule has 1 fully saturated rings. The lowest BCUT2D eigenvalue weighted by atomic mass is 10.1. The highest BCUT2D eigenvalue weighted by Gasteiger charge is 2.30. The first kappa shape index (κ1) is 24.9. The number of ether oxygens (including phenoxy) is 3. The zero-order chi connectivity index (χ0) is 26.6. The average Bonchev–Trinajstić information content (AvgIpc) is 3.34. The summed E-state index contributed by atoms with van der Waals surface area (Å²) in [5, 5.41) is 3.50. The molecule has 0 atom stereocenters. The number of aromatic nitrogens is 2. The van der Waals surface area contributed by atoms with Gasteiger partial charge in [0.15, 0.2) is 11.5 Å². The highest BCUT2D eigenvalue weighted by Crippen LogP contribution is 2.39. The monoisotopic (exact) mass is 517 g/mol. The molecule has 1 aliphatic heterocycles. The van der Waals surface area contributed by atoms with Crippen molar-refractivity contribution in [2.75, 3.05) is 57.7 Å². The second-order valence-corrected chi connectivity index (χ2v) is 8.50. The van der Waals surface area contributed by atoms with E-state index in [-0.39, 0.29) is 17.2 Å². The molecule has 3 heterocycles. The standard InChI is InChI=1S/C27H27N5O6/c1-35-20-15-17(16-21(36-2)23(20)37-3)25(33)30-22-18-7-4-5-8-19(18)38-24(22)26(34)31-11-13-32(14-12-31)27-28-9-6-10-29-27/h4-10,15-16H,11-14H2,1-3H3,(H,30,33). The number of fused-ring (bicyclic) bond motifs is 1. The Hall–Kier alpha value is -4.80. The van der Waals surface area contributed by atoms with Crippen molar-refractivity contribution >= 4 is 34.4 Å². The Labute approximate surface area is 218 Å². The summed E-state index contributed by atoms with van der Waals surface area (Å²) in [5.41, 5.74) is 1.06. The van der Waals surface area contributed by atoms with Gasteiger partial charge in [-0.3, -0.25) is 9.59 Å². The largest absolute Gasteiger partial charge is 0.493 e. The van der Waals surface area contributed by atoms with Crippen LogP contribution in [0.1, 0.15) is 20.9 Å². The van der Waals surface area contributed by atoms with Crippen LogP contribution in [0.5, 0.6) is 17.2 Å². The second-order valence-electron chi connectivity index (χ2n) is 8.50. The van der Waals surface area contributed by atoms with Crippen LogP contribution in [-0.4, -0.2) is 74.2 Å². The van der Waals surface area contributed by atoms with Crippen molar-refractivity contribution in [1.29, 1.82) is 0 Å². The maximum atomic E-state index is 13.6. The van der Waals surface area contributed by atoms with Crippen molar-refractivity contribution in [1.82, 2.24) is 14.9 Å². The molecule has 0 aliphatic carbocycles. The molecule has 1 saturated heterocycles. The minimum atomic E-state index is -0.462. The molecule has 1 aliphatic rings.